The fourth-order valence-corrected chi connectivity index (χ4v) is 1.78. The maximum Gasteiger partial charge on any atom is 0.224 e. The van der Waals surface area contributed by atoms with Gasteiger partial charge in [0, 0.05) is 39.1 Å². The van der Waals surface area contributed by atoms with Crippen LogP contribution in [0.4, 0.5) is 0 Å². The molecule has 5 nitrogen and oxygen atoms in total. The van der Waals surface area contributed by atoms with Gasteiger partial charge in [0.1, 0.15) is 5.78 Å². The molecule has 0 aliphatic carbocycles. The second-order valence-corrected chi connectivity index (χ2v) is 5.66. The summed E-state index contributed by atoms with van der Waals surface area (Å²) in [6, 6.07) is 0. The van der Waals surface area contributed by atoms with Crippen molar-refractivity contribution >= 4 is 11.7 Å². The molecule has 0 saturated carbocycles. The number of amides is 1. The predicted molar refractivity (Wildman–Crippen MR) is 78.2 cm³/mol. The van der Waals surface area contributed by atoms with Gasteiger partial charge in [-0.3, -0.25) is 14.5 Å². The molecule has 0 unspecified atom stereocenters. The van der Waals surface area contributed by atoms with Crippen LogP contribution in [0.2, 0.25) is 0 Å². The summed E-state index contributed by atoms with van der Waals surface area (Å²) in [7, 11) is 5.83. The van der Waals surface area contributed by atoms with Gasteiger partial charge in [0.2, 0.25) is 5.91 Å². The van der Waals surface area contributed by atoms with Crippen LogP contribution in [0.5, 0.6) is 0 Å². The van der Waals surface area contributed by atoms with Crippen LogP contribution in [-0.2, 0) is 9.59 Å². The Labute approximate surface area is 117 Å². The van der Waals surface area contributed by atoms with Crippen molar-refractivity contribution in [3.8, 4) is 0 Å². The highest BCUT2D eigenvalue weighted by atomic mass is 16.2. The Kier molecular flexibility index (Phi) is 8.59. The molecule has 0 aliphatic heterocycles. The SMILES string of the molecule is CC(=O)CN(C)CCN(C)CCN(C)C(=O)C(C)C. The van der Waals surface area contributed by atoms with E-state index in [1.807, 2.05) is 39.9 Å². The number of rotatable bonds is 9. The minimum atomic E-state index is 0.0528. The van der Waals surface area contributed by atoms with Crippen LogP contribution in [0.15, 0.2) is 0 Å². The number of hydrogen-bond donors (Lipinski definition) is 0. The Bertz CT molecular complexity index is 292. The fourth-order valence-electron chi connectivity index (χ4n) is 1.78. The summed E-state index contributed by atoms with van der Waals surface area (Å²) in [4.78, 5) is 28.6. The largest absolute Gasteiger partial charge is 0.344 e. The molecular weight excluding hydrogens is 242 g/mol. The molecule has 5 heteroatoms. The van der Waals surface area contributed by atoms with Gasteiger partial charge < -0.3 is 9.80 Å². The molecule has 112 valence electrons. The molecule has 0 aromatic rings. The van der Waals surface area contributed by atoms with Gasteiger partial charge in [-0.25, -0.2) is 0 Å². The topological polar surface area (TPSA) is 43.9 Å². The third-order valence-corrected chi connectivity index (χ3v) is 3.04. The van der Waals surface area contributed by atoms with Crippen LogP contribution in [0.1, 0.15) is 20.8 Å². The second kappa shape index (κ2) is 9.04. The zero-order valence-corrected chi connectivity index (χ0v) is 13.3. The Balaban J connectivity index is 3.84. The minimum absolute atomic E-state index is 0.0528. The van der Waals surface area contributed by atoms with Crippen molar-refractivity contribution in [3.63, 3.8) is 0 Å². The van der Waals surface area contributed by atoms with Gasteiger partial charge in [-0.15, -0.1) is 0 Å². The third-order valence-electron chi connectivity index (χ3n) is 3.04. The smallest absolute Gasteiger partial charge is 0.224 e. The highest BCUT2D eigenvalue weighted by Crippen LogP contribution is 1.99. The molecule has 0 bridgehead atoms. The van der Waals surface area contributed by atoms with Crippen molar-refractivity contribution in [3.05, 3.63) is 0 Å². The lowest BCUT2D eigenvalue weighted by Gasteiger charge is -2.25. The molecule has 0 radical (unpaired) electrons. The van der Waals surface area contributed by atoms with E-state index < -0.39 is 0 Å². The number of ketones is 1. The number of nitrogens with zero attached hydrogens (tertiary/aromatic N) is 3. The van der Waals surface area contributed by atoms with E-state index in [4.69, 9.17) is 0 Å². The summed E-state index contributed by atoms with van der Waals surface area (Å²) in [6.45, 7) is 9.28. The molecule has 0 aliphatic rings. The molecule has 0 N–H and O–H groups in total. The molecule has 0 heterocycles. The molecule has 0 fully saturated rings. The van der Waals surface area contributed by atoms with Gasteiger partial charge in [-0.1, -0.05) is 13.8 Å². The van der Waals surface area contributed by atoms with Crippen molar-refractivity contribution in [2.45, 2.75) is 20.8 Å². The summed E-state index contributed by atoms with van der Waals surface area (Å²) in [5, 5.41) is 0. The lowest BCUT2D eigenvalue weighted by atomic mass is 10.2. The van der Waals surface area contributed by atoms with Crippen LogP contribution in [0.3, 0.4) is 0 Å². The summed E-state index contributed by atoms with van der Waals surface area (Å²) in [6.07, 6.45) is 0. The molecule has 0 saturated heterocycles. The lowest BCUT2D eigenvalue weighted by molar-refractivity contribution is -0.133. The van der Waals surface area contributed by atoms with Crippen molar-refractivity contribution in [2.75, 3.05) is 53.9 Å². The molecule has 0 atom stereocenters. The minimum Gasteiger partial charge on any atom is -0.344 e. The number of carbonyl (C=O) groups is 2. The van der Waals surface area contributed by atoms with E-state index in [1.165, 1.54) is 0 Å². The first-order valence-electron chi connectivity index (χ1n) is 6.85. The standard InChI is InChI=1S/C14H29N3O2/c1-12(2)14(19)17(6)10-9-15(4)7-8-16(5)11-13(3)18/h12H,7-11H2,1-6H3. The Hall–Kier alpha value is -0.940. The van der Waals surface area contributed by atoms with E-state index in [9.17, 15) is 9.59 Å². The van der Waals surface area contributed by atoms with Gasteiger partial charge in [0.25, 0.3) is 0 Å². The van der Waals surface area contributed by atoms with Gasteiger partial charge in [-0.2, -0.15) is 0 Å². The first-order chi connectivity index (χ1) is 8.73. The van der Waals surface area contributed by atoms with Crippen LogP contribution in [0.25, 0.3) is 0 Å². The Morgan fingerprint density at radius 2 is 1.37 bits per heavy atom. The highest BCUT2D eigenvalue weighted by molar-refractivity contribution is 5.78. The predicted octanol–water partition coefficient (Wildman–Crippen LogP) is 0.553. The van der Waals surface area contributed by atoms with E-state index >= 15 is 0 Å². The zero-order chi connectivity index (χ0) is 15.0. The molecular formula is C14H29N3O2. The number of hydrogen-bond acceptors (Lipinski definition) is 4. The summed E-state index contributed by atoms with van der Waals surface area (Å²) in [5.41, 5.74) is 0. The van der Waals surface area contributed by atoms with Gasteiger partial charge >= 0.3 is 0 Å². The van der Waals surface area contributed by atoms with Crippen LogP contribution < -0.4 is 0 Å². The average Bonchev–Trinajstić information content (AvgIpc) is 2.31. The average molecular weight is 271 g/mol. The van der Waals surface area contributed by atoms with E-state index in [0.29, 0.717) is 6.54 Å². The maximum absolute atomic E-state index is 11.7. The van der Waals surface area contributed by atoms with Gasteiger partial charge in [0.15, 0.2) is 0 Å². The van der Waals surface area contributed by atoms with Crippen molar-refractivity contribution in [2.24, 2.45) is 5.92 Å². The summed E-state index contributed by atoms with van der Waals surface area (Å²) < 4.78 is 0. The molecule has 19 heavy (non-hydrogen) atoms. The van der Waals surface area contributed by atoms with E-state index in [-0.39, 0.29) is 17.6 Å². The van der Waals surface area contributed by atoms with Crippen LogP contribution >= 0.6 is 0 Å². The fraction of sp³-hybridized carbons (Fsp3) is 0.857. The molecule has 0 rings (SSSR count). The maximum atomic E-state index is 11.7. The van der Waals surface area contributed by atoms with E-state index in [2.05, 4.69) is 4.90 Å². The van der Waals surface area contributed by atoms with Gasteiger partial charge in [0.05, 0.1) is 6.54 Å². The first-order valence-corrected chi connectivity index (χ1v) is 6.85. The monoisotopic (exact) mass is 271 g/mol. The quantitative estimate of drug-likeness (QED) is 0.614. The lowest BCUT2D eigenvalue weighted by Crippen LogP contribution is -2.39. The Morgan fingerprint density at radius 1 is 0.895 bits per heavy atom. The van der Waals surface area contributed by atoms with E-state index in [1.54, 1.807) is 11.8 Å². The molecule has 0 spiro atoms. The van der Waals surface area contributed by atoms with Crippen molar-refractivity contribution < 1.29 is 9.59 Å². The normalized spacial score (nSPS) is 11.4. The number of likely N-dealkylation sites (N-methyl/N-ethyl adjacent to an activating group) is 3. The van der Waals surface area contributed by atoms with Crippen LogP contribution in [-0.4, -0.2) is 80.3 Å². The van der Waals surface area contributed by atoms with Crippen molar-refractivity contribution in [1.29, 1.82) is 0 Å². The van der Waals surface area contributed by atoms with E-state index in [0.717, 1.165) is 26.2 Å². The highest BCUT2D eigenvalue weighted by Gasteiger charge is 2.13. The number of Topliss-reactive ketones (excluding diaryl/α,β-unsaturated/α-hetero) is 1. The molecule has 0 aromatic heterocycles. The summed E-state index contributed by atoms with van der Waals surface area (Å²) >= 11 is 0. The third kappa shape index (κ3) is 8.72. The number of carbonyl (C=O) groups excluding carboxylic acids is 2. The Morgan fingerprint density at radius 3 is 1.84 bits per heavy atom. The molecule has 1 amide bonds. The molecule has 0 aromatic carbocycles. The zero-order valence-electron chi connectivity index (χ0n) is 13.3. The second-order valence-electron chi connectivity index (χ2n) is 5.66. The van der Waals surface area contributed by atoms with Gasteiger partial charge in [-0.05, 0) is 21.0 Å². The van der Waals surface area contributed by atoms with Crippen LogP contribution in [0, 0.1) is 5.92 Å². The first kappa shape index (κ1) is 18.1. The van der Waals surface area contributed by atoms with Crippen molar-refractivity contribution in [1.82, 2.24) is 14.7 Å². The summed E-state index contributed by atoms with van der Waals surface area (Å²) in [5.74, 6) is 0.423.